The Kier molecular flexibility index (Phi) is 4.09. The summed E-state index contributed by atoms with van der Waals surface area (Å²) < 4.78 is 0. The fourth-order valence-electron chi connectivity index (χ4n) is 1.49. The van der Waals surface area contributed by atoms with Gasteiger partial charge >= 0.3 is 0 Å². The van der Waals surface area contributed by atoms with E-state index in [1.54, 1.807) is 4.90 Å². The molecular weight excluding hydrogens is 242 g/mol. The molecule has 0 saturated heterocycles. The molecule has 4 N–H and O–H groups in total. The highest BCUT2D eigenvalue weighted by Crippen LogP contribution is 2.11. The fraction of sp³-hybridized carbons (Fsp3) is 0.250. The first kappa shape index (κ1) is 13.0. The molecule has 0 radical (unpaired) electrons. The molecule has 0 aliphatic heterocycles. The van der Waals surface area contributed by atoms with Crippen LogP contribution in [0.5, 0.6) is 0 Å². The summed E-state index contributed by atoms with van der Waals surface area (Å²) in [7, 11) is 3.72. The van der Waals surface area contributed by atoms with E-state index in [9.17, 15) is 0 Å². The molecule has 0 bridgehead atoms. The van der Waals surface area contributed by atoms with Crippen molar-refractivity contribution in [3.05, 3.63) is 35.9 Å². The zero-order chi connectivity index (χ0) is 13.7. The zero-order valence-electron chi connectivity index (χ0n) is 11.0. The number of nitrogen functional groups attached to an aromatic ring is 1. The van der Waals surface area contributed by atoms with E-state index < -0.39 is 0 Å². The van der Waals surface area contributed by atoms with Crippen LogP contribution in [0.25, 0.3) is 0 Å². The highest BCUT2D eigenvalue weighted by atomic mass is 15.4. The predicted molar refractivity (Wildman–Crippen MR) is 75.7 cm³/mol. The molecule has 0 amide bonds. The number of hydrogen-bond acceptors (Lipinski definition) is 7. The predicted octanol–water partition coefficient (Wildman–Crippen LogP) is 0.835. The van der Waals surface area contributed by atoms with Crippen molar-refractivity contribution in [2.45, 2.75) is 6.54 Å². The normalized spacial score (nSPS) is 10.1. The van der Waals surface area contributed by atoms with E-state index >= 15 is 0 Å². The molecule has 0 aliphatic carbocycles. The van der Waals surface area contributed by atoms with Crippen molar-refractivity contribution in [1.82, 2.24) is 15.0 Å². The van der Waals surface area contributed by atoms with Crippen LogP contribution in [0.4, 0.5) is 17.8 Å². The molecule has 0 saturated carbocycles. The van der Waals surface area contributed by atoms with Crippen molar-refractivity contribution in [2.75, 3.05) is 29.7 Å². The molecule has 0 aliphatic rings. The maximum Gasteiger partial charge on any atom is 0.243 e. The first-order valence-corrected chi connectivity index (χ1v) is 5.87. The molecule has 2 rings (SSSR count). The van der Waals surface area contributed by atoms with Crippen molar-refractivity contribution in [3.8, 4) is 0 Å². The second-order valence-corrected chi connectivity index (χ2v) is 4.16. The molecule has 2 aromatic rings. The quantitative estimate of drug-likeness (QED) is 0.541. The average Bonchev–Trinajstić information content (AvgIpc) is 2.45. The number of nitrogens with one attached hydrogen (secondary N) is 2. The minimum absolute atomic E-state index is 0.328. The number of nitrogens with zero attached hydrogens (tertiary/aromatic N) is 4. The SMILES string of the molecule is CN(C)c1nc(NN)nc(NCc2ccccc2)n1. The van der Waals surface area contributed by atoms with E-state index in [2.05, 4.69) is 25.7 Å². The van der Waals surface area contributed by atoms with Crippen molar-refractivity contribution in [2.24, 2.45) is 5.84 Å². The van der Waals surface area contributed by atoms with Crippen molar-refractivity contribution < 1.29 is 0 Å². The lowest BCUT2D eigenvalue weighted by molar-refractivity contribution is 0.939. The Balaban J connectivity index is 2.13. The van der Waals surface area contributed by atoms with Gasteiger partial charge in [0, 0.05) is 20.6 Å². The van der Waals surface area contributed by atoms with Gasteiger partial charge in [0.2, 0.25) is 17.8 Å². The van der Waals surface area contributed by atoms with Gasteiger partial charge in [-0.3, -0.25) is 5.43 Å². The van der Waals surface area contributed by atoms with Crippen LogP contribution in [0.15, 0.2) is 30.3 Å². The van der Waals surface area contributed by atoms with Gasteiger partial charge in [0.25, 0.3) is 0 Å². The Morgan fingerprint density at radius 1 is 1.05 bits per heavy atom. The Morgan fingerprint density at radius 3 is 2.37 bits per heavy atom. The topological polar surface area (TPSA) is 92.0 Å². The van der Waals surface area contributed by atoms with Crippen LogP contribution < -0.4 is 21.5 Å². The molecule has 0 atom stereocenters. The number of nitrogens with two attached hydrogens (primary N) is 1. The monoisotopic (exact) mass is 259 g/mol. The van der Waals surface area contributed by atoms with Crippen molar-refractivity contribution in [3.63, 3.8) is 0 Å². The Hall–Kier alpha value is -2.41. The molecule has 7 heteroatoms. The van der Waals surface area contributed by atoms with E-state index in [1.807, 2.05) is 44.4 Å². The number of aromatic nitrogens is 3. The largest absolute Gasteiger partial charge is 0.350 e. The number of benzene rings is 1. The second-order valence-electron chi connectivity index (χ2n) is 4.16. The van der Waals surface area contributed by atoms with Crippen LogP contribution in [-0.4, -0.2) is 29.0 Å². The van der Waals surface area contributed by atoms with E-state index in [-0.39, 0.29) is 0 Å². The molecule has 1 aromatic carbocycles. The van der Waals surface area contributed by atoms with Crippen molar-refractivity contribution >= 4 is 17.8 Å². The molecule has 19 heavy (non-hydrogen) atoms. The van der Waals surface area contributed by atoms with Gasteiger partial charge in [-0.25, -0.2) is 5.84 Å². The summed E-state index contributed by atoms with van der Waals surface area (Å²) in [6.45, 7) is 0.641. The molecule has 7 nitrogen and oxygen atoms in total. The van der Waals surface area contributed by atoms with E-state index in [0.29, 0.717) is 24.4 Å². The maximum absolute atomic E-state index is 5.35. The Morgan fingerprint density at radius 2 is 1.74 bits per heavy atom. The number of rotatable bonds is 5. The molecular formula is C12H17N7. The third-order valence-corrected chi connectivity index (χ3v) is 2.45. The van der Waals surface area contributed by atoms with E-state index in [4.69, 9.17) is 5.84 Å². The van der Waals surface area contributed by atoms with E-state index in [0.717, 1.165) is 5.56 Å². The second kappa shape index (κ2) is 5.96. The summed E-state index contributed by atoms with van der Waals surface area (Å²) in [5, 5.41) is 3.15. The van der Waals surface area contributed by atoms with Crippen LogP contribution >= 0.6 is 0 Å². The fourth-order valence-corrected chi connectivity index (χ4v) is 1.49. The van der Waals surface area contributed by atoms with Crippen LogP contribution in [-0.2, 0) is 6.54 Å². The molecule has 100 valence electrons. The summed E-state index contributed by atoms with van der Waals surface area (Å²) in [5.41, 5.74) is 3.58. The van der Waals surface area contributed by atoms with Gasteiger partial charge in [-0.15, -0.1) is 0 Å². The minimum Gasteiger partial charge on any atom is -0.350 e. The first-order valence-electron chi connectivity index (χ1n) is 5.87. The average molecular weight is 259 g/mol. The molecule has 0 spiro atoms. The highest BCUT2D eigenvalue weighted by molar-refractivity contribution is 5.42. The van der Waals surface area contributed by atoms with Gasteiger partial charge in [0.1, 0.15) is 0 Å². The van der Waals surface area contributed by atoms with Gasteiger partial charge in [0.05, 0.1) is 0 Å². The summed E-state index contributed by atoms with van der Waals surface area (Å²) >= 11 is 0. The Bertz CT molecular complexity index is 527. The third-order valence-electron chi connectivity index (χ3n) is 2.45. The minimum atomic E-state index is 0.328. The lowest BCUT2D eigenvalue weighted by Crippen LogP contribution is -2.19. The van der Waals surface area contributed by atoms with Gasteiger partial charge in [-0.1, -0.05) is 30.3 Å². The lowest BCUT2D eigenvalue weighted by atomic mass is 10.2. The van der Waals surface area contributed by atoms with E-state index in [1.165, 1.54) is 0 Å². The number of hydrazine groups is 1. The molecule has 0 fully saturated rings. The smallest absolute Gasteiger partial charge is 0.243 e. The summed E-state index contributed by atoms with van der Waals surface area (Å²) in [4.78, 5) is 14.4. The van der Waals surface area contributed by atoms with Gasteiger partial charge < -0.3 is 10.2 Å². The standard InChI is InChI=1S/C12H17N7/c1-19(2)12-16-10(15-11(17-12)18-13)14-8-9-6-4-3-5-7-9/h3-7H,8,13H2,1-2H3,(H2,14,15,16,17,18). The first-order chi connectivity index (χ1) is 9.19. The van der Waals surface area contributed by atoms with Crippen molar-refractivity contribution in [1.29, 1.82) is 0 Å². The molecule has 1 heterocycles. The lowest BCUT2D eigenvalue weighted by Gasteiger charge is -2.13. The summed E-state index contributed by atoms with van der Waals surface area (Å²) in [6, 6.07) is 10.0. The van der Waals surface area contributed by atoms with Crippen LogP contribution in [0.3, 0.4) is 0 Å². The summed E-state index contributed by atoms with van der Waals surface area (Å²) in [5.74, 6) is 6.70. The molecule has 1 aromatic heterocycles. The van der Waals surface area contributed by atoms with Gasteiger partial charge in [-0.2, -0.15) is 15.0 Å². The highest BCUT2D eigenvalue weighted by Gasteiger charge is 2.06. The van der Waals surface area contributed by atoms with Gasteiger partial charge in [0.15, 0.2) is 0 Å². The van der Waals surface area contributed by atoms with Crippen LogP contribution in [0.2, 0.25) is 0 Å². The number of hydrogen-bond donors (Lipinski definition) is 3. The number of anilines is 3. The maximum atomic E-state index is 5.35. The summed E-state index contributed by atoms with van der Waals surface area (Å²) in [6.07, 6.45) is 0. The Labute approximate surface area is 111 Å². The third kappa shape index (κ3) is 3.52. The molecule has 0 unspecified atom stereocenters. The zero-order valence-corrected chi connectivity index (χ0v) is 11.0. The van der Waals surface area contributed by atoms with Crippen LogP contribution in [0.1, 0.15) is 5.56 Å². The van der Waals surface area contributed by atoms with Crippen LogP contribution in [0, 0.1) is 0 Å². The van der Waals surface area contributed by atoms with Gasteiger partial charge in [-0.05, 0) is 5.56 Å².